The number of carbonyl (C=O) groups excluding carboxylic acids is 1. The first-order valence-corrected chi connectivity index (χ1v) is 10.9. The molecule has 4 aromatic rings. The number of para-hydroxylation sites is 1. The van der Waals surface area contributed by atoms with Gasteiger partial charge in [0.15, 0.2) is 6.29 Å². The highest BCUT2D eigenvalue weighted by atomic mass is 79.9. The monoisotopic (exact) mass is 479 g/mol. The van der Waals surface area contributed by atoms with Crippen molar-refractivity contribution >= 4 is 39.1 Å². The maximum Gasteiger partial charge on any atom is 0.337 e. The zero-order chi connectivity index (χ0) is 22.0. The fraction of sp³-hybridized carbons (Fsp3) is 0.208. The van der Waals surface area contributed by atoms with E-state index in [1.807, 2.05) is 45.7 Å². The van der Waals surface area contributed by atoms with Gasteiger partial charge in [-0.25, -0.2) is 9.78 Å². The first kappa shape index (κ1) is 21.1. The number of aldehydes is 1. The summed E-state index contributed by atoms with van der Waals surface area (Å²) >= 11 is 3.54. The Morgan fingerprint density at radius 3 is 2.65 bits per heavy atom. The van der Waals surface area contributed by atoms with Crippen LogP contribution in [-0.4, -0.2) is 31.5 Å². The molecule has 0 aliphatic carbocycles. The van der Waals surface area contributed by atoms with E-state index in [1.165, 1.54) is 0 Å². The Morgan fingerprint density at radius 1 is 1.19 bits per heavy atom. The highest BCUT2D eigenvalue weighted by Gasteiger charge is 2.16. The molecule has 2 aromatic heterocycles. The summed E-state index contributed by atoms with van der Waals surface area (Å²) in [4.78, 5) is 27.6. The number of carbonyl (C=O) groups is 2. The molecule has 7 heteroatoms. The van der Waals surface area contributed by atoms with Crippen molar-refractivity contribution in [3.63, 3.8) is 0 Å². The van der Waals surface area contributed by atoms with Crippen LogP contribution in [0.2, 0.25) is 0 Å². The maximum atomic E-state index is 11.7. The molecule has 0 fully saturated rings. The minimum atomic E-state index is -0.963. The molecule has 2 heterocycles. The molecule has 1 N–H and O–H groups in total. The van der Waals surface area contributed by atoms with Gasteiger partial charge in [0, 0.05) is 34.7 Å². The molecule has 6 nitrogen and oxygen atoms in total. The number of hydrogen-bond donors (Lipinski definition) is 1. The Hall–Kier alpha value is -3.19. The van der Waals surface area contributed by atoms with Crippen LogP contribution in [0.25, 0.3) is 16.6 Å². The van der Waals surface area contributed by atoms with Crippen LogP contribution in [0.15, 0.2) is 59.3 Å². The standard InChI is InChI=1S/C24H22BrN3O3/c1-2-3-7-22-26-12-18(15-29)27(22)13-16-8-10-17(11-9-16)28-14-21(25)19-5-4-6-20(23(19)28)24(30)31/h4-6,8-12,14-15H,2-3,7,13H2,1H3,(H,30,31). The molecule has 0 amide bonds. The molecule has 0 saturated carbocycles. The summed E-state index contributed by atoms with van der Waals surface area (Å²) in [7, 11) is 0. The number of fused-ring (bicyclic) bond motifs is 1. The Labute approximate surface area is 188 Å². The lowest BCUT2D eigenvalue weighted by Gasteiger charge is -2.12. The number of benzene rings is 2. The van der Waals surface area contributed by atoms with Crippen molar-refractivity contribution in [2.24, 2.45) is 0 Å². The topological polar surface area (TPSA) is 77.1 Å². The van der Waals surface area contributed by atoms with E-state index >= 15 is 0 Å². The van der Waals surface area contributed by atoms with E-state index in [-0.39, 0.29) is 5.56 Å². The second-order valence-corrected chi connectivity index (χ2v) is 8.28. The zero-order valence-electron chi connectivity index (χ0n) is 17.1. The predicted octanol–water partition coefficient (Wildman–Crippen LogP) is 5.49. The molecule has 0 spiro atoms. The minimum absolute atomic E-state index is 0.252. The van der Waals surface area contributed by atoms with Gasteiger partial charge in [-0.2, -0.15) is 0 Å². The van der Waals surface area contributed by atoms with Crippen molar-refractivity contribution in [1.82, 2.24) is 14.1 Å². The third-order valence-corrected chi connectivity index (χ3v) is 6.04. The number of carboxylic acids is 1. The Balaban J connectivity index is 1.69. The second-order valence-electron chi connectivity index (χ2n) is 7.43. The normalized spacial score (nSPS) is 11.2. The van der Waals surface area contributed by atoms with Gasteiger partial charge < -0.3 is 14.2 Å². The van der Waals surface area contributed by atoms with Gasteiger partial charge in [-0.15, -0.1) is 0 Å². The Bertz CT molecular complexity index is 1260. The number of halogens is 1. The van der Waals surface area contributed by atoms with Crippen LogP contribution < -0.4 is 0 Å². The van der Waals surface area contributed by atoms with Gasteiger partial charge in [0.05, 0.1) is 17.3 Å². The molecule has 0 aliphatic heterocycles. The number of unbranched alkanes of at least 4 members (excludes halogenated alkanes) is 1. The zero-order valence-corrected chi connectivity index (χ0v) is 18.7. The fourth-order valence-electron chi connectivity index (χ4n) is 3.80. The van der Waals surface area contributed by atoms with Crippen LogP contribution in [0, 0.1) is 0 Å². The van der Waals surface area contributed by atoms with E-state index < -0.39 is 5.97 Å². The molecule has 4 rings (SSSR count). The molecule has 0 radical (unpaired) electrons. The van der Waals surface area contributed by atoms with Crippen LogP contribution in [0.4, 0.5) is 0 Å². The summed E-state index contributed by atoms with van der Waals surface area (Å²) in [5.41, 5.74) is 3.37. The van der Waals surface area contributed by atoms with Crippen molar-refractivity contribution in [2.75, 3.05) is 0 Å². The predicted molar refractivity (Wildman–Crippen MR) is 123 cm³/mol. The van der Waals surface area contributed by atoms with Crippen LogP contribution in [0.1, 0.15) is 52.0 Å². The average Bonchev–Trinajstić information content (AvgIpc) is 3.33. The molecule has 0 aliphatic rings. The van der Waals surface area contributed by atoms with Crippen LogP contribution >= 0.6 is 15.9 Å². The first-order chi connectivity index (χ1) is 15.0. The fourth-order valence-corrected chi connectivity index (χ4v) is 4.33. The van der Waals surface area contributed by atoms with E-state index in [9.17, 15) is 14.7 Å². The van der Waals surface area contributed by atoms with Crippen LogP contribution in [0.5, 0.6) is 0 Å². The molecule has 31 heavy (non-hydrogen) atoms. The molecule has 0 saturated heterocycles. The van der Waals surface area contributed by atoms with E-state index in [0.29, 0.717) is 17.8 Å². The lowest BCUT2D eigenvalue weighted by Crippen LogP contribution is -2.09. The first-order valence-electron chi connectivity index (χ1n) is 10.1. The molecular formula is C24H22BrN3O3. The molecule has 158 valence electrons. The summed E-state index contributed by atoms with van der Waals surface area (Å²) in [6.07, 6.45) is 7.28. The van der Waals surface area contributed by atoms with Crippen molar-refractivity contribution in [2.45, 2.75) is 32.7 Å². The SMILES string of the molecule is CCCCc1ncc(C=O)n1Cc1ccc(-n2cc(Br)c3cccc(C(=O)O)c32)cc1. The molecule has 0 bridgehead atoms. The Kier molecular flexibility index (Phi) is 6.04. The number of hydrogen-bond acceptors (Lipinski definition) is 3. The van der Waals surface area contributed by atoms with E-state index in [0.717, 1.165) is 52.5 Å². The van der Waals surface area contributed by atoms with Crippen LogP contribution in [0.3, 0.4) is 0 Å². The molecule has 2 aromatic carbocycles. The summed E-state index contributed by atoms with van der Waals surface area (Å²) in [5, 5.41) is 10.5. The molecular weight excluding hydrogens is 458 g/mol. The molecule has 0 atom stereocenters. The third-order valence-electron chi connectivity index (χ3n) is 5.41. The highest BCUT2D eigenvalue weighted by Crippen LogP contribution is 2.31. The van der Waals surface area contributed by atoms with Crippen molar-refractivity contribution in [3.8, 4) is 5.69 Å². The van der Waals surface area contributed by atoms with Crippen molar-refractivity contribution in [3.05, 3.63) is 82.0 Å². The average molecular weight is 480 g/mol. The summed E-state index contributed by atoms with van der Waals surface area (Å²) in [6.45, 7) is 2.69. The van der Waals surface area contributed by atoms with Gasteiger partial charge in [0.1, 0.15) is 11.5 Å². The number of carboxylic acid groups (broad SMARTS) is 1. The number of aromatic nitrogens is 3. The number of aryl methyl sites for hydroxylation is 1. The van der Waals surface area contributed by atoms with Gasteiger partial charge in [0.2, 0.25) is 0 Å². The van der Waals surface area contributed by atoms with Gasteiger partial charge in [0.25, 0.3) is 0 Å². The molecule has 0 unspecified atom stereocenters. The lowest BCUT2D eigenvalue weighted by atomic mass is 10.1. The van der Waals surface area contributed by atoms with Crippen molar-refractivity contribution in [1.29, 1.82) is 0 Å². The van der Waals surface area contributed by atoms with Crippen molar-refractivity contribution < 1.29 is 14.7 Å². The third kappa shape index (κ3) is 4.05. The lowest BCUT2D eigenvalue weighted by molar-refractivity contribution is 0.0698. The van der Waals surface area contributed by atoms with Gasteiger partial charge >= 0.3 is 5.97 Å². The van der Waals surface area contributed by atoms with Gasteiger partial charge in [-0.05, 0) is 46.1 Å². The number of imidazole rings is 1. The number of rotatable bonds is 8. The summed E-state index contributed by atoms with van der Waals surface area (Å²) in [5.74, 6) is -0.0466. The van der Waals surface area contributed by atoms with E-state index in [2.05, 4.69) is 27.8 Å². The Morgan fingerprint density at radius 2 is 1.97 bits per heavy atom. The largest absolute Gasteiger partial charge is 0.478 e. The quantitative estimate of drug-likeness (QED) is 0.339. The highest BCUT2D eigenvalue weighted by molar-refractivity contribution is 9.10. The smallest absolute Gasteiger partial charge is 0.337 e. The minimum Gasteiger partial charge on any atom is -0.478 e. The van der Waals surface area contributed by atoms with E-state index in [1.54, 1.807) is 18.3 Å². The number of nitrogens with zero attached hydrogens (tertiary/aromatic N) is 3. The second kappa shape index (κ2) is 8.89. The van der Waals surface area contributed by atoms with Crippen LogP contribution in [-0.2, 0) is 13.0 Å². The maximum absolute atomic E-state index is 11.7. The summed E-state index contributed by atoms with van der Waals surface area (Å²) in [6, 6.07) is 13.2. The summed E-state index contributed by atoms with van der Waals surface area (Å²) < 4.78 is 4.68. The number of aromatic carboxylic acids is 1. The van der Waals surface area contributed by atoms with Gasteiger partial charge in [-0.1, -0.05) is 37.6 Å². The van der Waals surface area contributed by atoms with Gasteiger partial charge in [-0.3, -0.25) is 4.79 Å². The van der Waals surface area contributed by atoms with E-state index in [4.69, 9.17) is 0 Å².